The van der Waals surface area contributed by atoms with Crippen LogP contribution >= 0.6 is 0 Å². The van der Waals surface area contributed by atoms with Gasteiger partial charge in [-0.05, 0) is 66.5 Å². The summed E-state index contributed by atoms with van der Waals surface area (Å²) in [6.07, 6.45) is 2.96. The second kappa shape index (κ2) is 7.90. The van der Waals surface area contributed by atoms with E-state index in [1.54, 1.807) is 12.1 Å². The quantitative estimate of drug-likeness (QED) is 0.680. The van der Waals surface area contributed by atoms with Crippen LogP contribution in [0.25, 0.3) is 11.1 Å². The van der Waals surface area contributed by atoms with Crippen LogP contribution in [0.2, 0.25) is 0 Å². The lowest BCUT2D eigenvalue weighted by molar-refractivity contribution is -0.139. The van der Waals surface area contributed by atoms with Gasteiger partial charge in [-0.3, -0.25) is 4.79 Å². The van der Waals surface area contributed by atoms with Crippen LogP contribution in [0.3, 0.4) is 0 Å². The van der Waals surface area contributed by atoms with Gasteiger partial charge in [-0.2, -0.15) is 0 Å². The van der Waals surface area contributed by atoms with Gasteiger partial charge in [0.15, 0.2) is 0 Å². The topological polar surface area (TPSA) is 46.5 Å². The second-order valence-corrected chi connectivity index (χ2v) is 7.54. The molecule has 26 heavy (non-hydrogen) atoms. The number of hydrogen-bond donors (Lipinski definition) is 1. The lowest BCUT2D eigenvalue weighted by Gasteiger charge is -2.18. The first-order valence-corrected chi connectivity index (χ1v) is 9.19. The van der Waals surface area contributed by atoms with Crippen LogP contribution < -0.4 is 4.74 Å². The van der Waals surface area contributed by atoms with E-state index in [2.05, 4.69) is 0 Å². The van der Waals surface area contributed by atoms with Gasteiger partial charge < -0.3 is 9.84 Å². The number of hydrogen-bond acceptors (Lipinski definition) is 2. The van der Waals surface area contributed by atoms with Crippen molar-refractivity contribution in [2.45, 2.75) is 39.0 Å². The summed E-state index contributed by atoms with van der Waals surface area (Å²) < 4.78 is 19.3. The highest BCUT2D eigenvalue weighted by molar-refractivity contribution is 5.78. The molecule has 0 radical (unpaired) electrons. The highest BCUT2D eigenvalue weighted by atomic mass is 19.1. The minimum atomic E-state index is -0.824. The van der Waals surface area contributed by atoms with Gasteiger partial charge >= 0.3 is 5.97 Å². The number of aliphatic carboxylic acids is 1. The summed E-state index contributed by atoms with van der Waals surface area (Å²) in [6, 6.07) is 11.8. The van der Waals surface area contributed by atoms with E-state index in [1.807, 2.05) is 32.0 Å². The molecule has 1 N–H and O–H groups in total. The van der Waals surface area contributed by atoms with Crippen LogP contribution in [0.5, 0.6) is 5.75 Å². The van der Waals surface area contributed by atoms with Gasteiger partial charge in [0.05, 0.1) is 12.5 Å². The molecule has 4 heteroatoms. The summed E-state index contributed by atoms with van der Waals surface area (Å²) in [5, 5.41) is 9.65. The van der Waals surface area contributed by atoms with Gasteiger partial charge in [-0.25, -0.2) is 4.39 Å². The maximum atomic E-state index is 13.3. The molecule has 0 aliphatic heterocycles. The largest absolute Gasteiger partial charge is 0.493 e. The van der Waals surface area contributed by atoms with Gasteiger partial charge in [-0.1, -0.05) is 32.0 Å². The summed E-state index contributed by atoms with van der Waals surface area (Å²) in [5.41, 5.74) is 2.40. The van der Waals surface area contributed by atoms with Crippen molar-refractivity contribution in [2.75, 3.05) is 6.61 Å². The zero-order chi connectivity index (χ0) is 18.7. The number of ether oxygens (including phenoxy) is 1. The summed E-state index contributed by atoms with van der Waals surface area (Å²) in [5.74, 6) is -0.0729. The third-order valence-corrected chi connectivity index (χ3v) is 4.74. The molecule has 0 bridgehead atoms. The van der Waals surface area contributed by atoms with Crippen molar-refractivity contribution in [2.24, 2.45) is 11.8 Å². The molecule has 2 aromatic rings. The minimum Gasteiger partial charge on any atom is -0.493 e. The van der Waals surface area contributed by atoms with Crippen molar-refractivity contribution < 1.29 is 19.0 Å². The molecular weight excluding hydrogens is 331 g/mol. The van der Waals surface area contributed by atoms with Crippen LogP contribution in [0.15, 0.2) is 42.5 Å². The van der Waals surface area contributed by atoms with Crippen molar-refractivity contribution >= 4 is 5.97 Å². The zero-order valence-electron chi connectivity index (χ0n) is 15.2. The van der Waals surface area contributed by atoms with Crippen molar-refractivity contribution in [1.82, 2.24) is 0 Å². The average molecular weight is 356 g/mol. The number of halogens is 1. The van der Waals surface area contributed by atoms with Crippen molar-refractivity contribution in [3.05, 3.63) is 53.8 Å². The Morgan fingerprint density at radius 3 is 2.46 bits per heavy atom. The first-order chi connectivity index (χ1) is 12.4. The van der Waals surface area contributed by atoms with E-state index in [1.165, 1.54) is 25.0 Å². The molecule has 3 nitrogen and oxygen atoms in total. The number of carboxylic acid groups (broad SMARTS) is 1. The fraction of sp³-hybridized carbons (Fsp3) is 0.409. The van der Waals surface area contributed by atoms with E-state index in [4.69, 9.17) is 4.74 Å². The monoisotopic (exact) mass is 356 g/mol. The molecule has 3 rings (SSSR count). The summed E-state index contributed by atoms with van der Waals surface area (Å²) >= 11 is 0. The highest BCUT2D eigenvalue weighted by Crippen LogP contribution is 2.37. The average Bonchev–Trinajstić information content (AvgIpc) is 3.42. The van der Waals surface area contributed by atoms with Crippen molar-refractivity contribution in [1.29, 1.82) is 0 Å². The molecule has 0 aromatic heterocycles. The Hall–Kier alpha value is -2.36. The lowest BCUT2D eigenvalue weighted by Crippen LogP contribution is -2.14. The van der Waals surface area contributed by atoms with Crippen LogP contribution in [-0.4, -0.2) is 17.7 Å². The van der Waals surface area contributed by atoms with Gasteiger partial charge in [0.25, 0.3) is 0 Å². The molecule has 1 saturated carbocycles. The number of carbonyl (C=O) groups is 1. The number of benzene rings is 2. The fourth-order valence-corrected chi connectivity index (χ4v) is 3.09. The highest BCUT2D eigenvalue weighted by Gasteiger charge is 2.25. The first-order valence-electron chi connectivity index (χ1n) is 9.19. The molecule has 1 atom stereocenters. The van der Waals surface area contributed by atoms with Crippen LogP contribution in [0.4, 0.5) is 4.39 Å². The van der Waals surface area contributed by atoms with Crippen molar-refractivity contribution in [3.8, 4) is 16.9 Å². The Labute approximate surface area is 153 Å². The first kappa shape index (κ1) is 18.4. The Balaban J connectivity index is 1.97. The molecule has 138 valence electrons. The van der Waals surface area contributed by atoms with Crippen molar-refractivity contribution in [3.63, 3.8) is 0 Å². The van der Waals surface area contributed by atoms with Gasteiger partial charge in [0, 0.05) is 5.56 Å². The molecule has 0 spiro atoms. The van der Waals surface area contributed by atoms with Crippen LogP contribution in [-0.2, 0) is 4.79 Å². The summed E-state index contributed by atoms with van der Waals surface area (Å²) in [6.45, 7) is 4.70. The summed E-state index contributed by atoms with van der Waals surface area (Å²) in [4.78, 5) is 11.8. The van der Waals surface area contributed by atoms with Crippen LogP contribution in [0.1, 0.15) is 44.6 Å². The predicted molar refractivity (Wildman–Crippen MR) is 99.9 cm³/mol. The predicted octanol–water partition coefficient (Wildman–Crippen LogP) is 5.50. The third-order valence-electron chi connectivity index (χ3n) is 4.74. The molecule has 1 fully saturated rings. The summed E-state index contributed by atoms with van der Waals surface area (Å²) in [7, 11) is 0. The standard InChI is InChI=1S/C22H25FO3/c1-14(2)11-20(22(24)25)17-7-10-21(26-13-15-3-4-15)19(12-17)16-5-8-18(23)9-6-16/h5-10,12,14-15,20H,3-4,11,13H2,1-2H3,(H,24,25). The maximum Gasteiger partial charge on any atom is 0.310 e. The smallest absolute Gasteiger partial charge is 0.310 e. The SMILES string of the molecule is CC(C)CC(C(=O)O)c1ccc(OCC2CC2)c(-c2ccc(F)cc2)c1. The van der Waals surface area contributed by atoms with Gasteiger partial charge in [0.1, 0.15) is 11.6 Å². The molecule has 1 aliphatic rings. The molecule has 0 saturated heterocycles. The lowest BCUT2D eigenvalue weighted by atomic mass is 9.88. The van der Waals surface area contributed by atoms with E-state index in [9.17, 15) is 14.3 Å². The van der Waals surface area contributed by atoms with E-state index < -0.39 is 11.9 Å². The number of carboxylic acids is 1. The van der Waals surface area contributed by atoms with E-state index in [-0.39, 0.29) is 11.7 Å². The van der Waals surface area contributed by atoms with Gasteiger partial charge in [0.2, 0.25) is 0 Å². The molecule has 0 amide bonds. The Kier molecular flexibility index (Phi) is 5.60. The molecule has 0 heterocycles. The molecule has 1 unspecified atom stereocenters. The second-order valence-electron chi connectivity index (χ2n) is 7.54. The fourth-order valence-electron chi connectivity index (χ4n) is 3.09. The minimum absolute atomic E-state index is 0.274. The Morgan fingerprint density at radius 2 is 1.88 bits per heavy atom. The molecule has 1 aliphatic carbocycles. The van der Waals surface area contributed by atoms with E-state index in [0.29, 0.717) is 18.9 Å². The zero-order valence-corrected chi connectivity index (χ0v) is 15.2. The van der Waals surface area contributed by atoms with Crippen LogP contribution in [0, 0.1) is 17.7 Å². The van der Waals surface area contributed by atoms with Gasteiger partial charge in [-0.15, -0.1) is 0 Å². The Morgan fingerprint density at radius 1 is 1.19 bits per heavy atom. The normalized spacial score (nSPS) is 15.1. The molecular formula is C22H25FO3. The van der Waals surface area contributed by atoms with E-state index in [0.717, 1.165) is 22.4 Å². The maximum absolute atomic E-state index is 13.3. The third kappa shape index (κ3) is 4.63. The molecule has 2 aromatic carbocycles. The Bertz CT molecular complexity index is 763. The number of rotatable bonds is 8. The van der Waals surface area contributed by atoms with E-state index >= 15 is 0 Å².